The number of carbonyl (C=O) groups excluding carboxylic acids is 1. The van der Waals surface area contributed by atoms with Gasteiger partial charge in [0.1, 0.15) is 0 Å². The lowest BCUT2D eigenvalue weighted by Crippen LogP contribution is -2.19. The Kier molecular flexibility index (Phi) is 4.08. The van der Waals surface area contributed by atoms with Crippen molar-refractivity contribution in [2.75, 3.05) is 5.32 Å². The van der Waals surface area contributed by atoms with Crippen molar-refractivity contribution in [1.29, 1.82) is 0 Å². The van der Waals surface area contributed by atoms with E-state index in [9.17, 15) is 4.79 Å². The molecule has 4 heteroatoms. The summed E-state index contributed by atoms with van der Waals surface area (Å²) >= 11 is 1.49. The van der Waals surface area contributed by atoms with Gasteiger partial charge < -0.3 is 5.32 Å². The molecule has 0 fully saturated rings. The van der Waals surface area contributed by atoms with E-state index in [2.05, 4.69) is 24.1 Å². The first kappa shape index (κ1) is 13.2. The van der Waals surface area contributed by atoms with Gasteiger partial charge in [-0.1, -0.05) is 34.6 Å². The molecular formula is C12H20N2OS. The molecule has 0 aliphatic rings. The quantitative estimate of drug-likeness (QED) is 0.876. The topological polar surface area (TPSA) is 42.0 Å². The number of nitrogens with zero attached hydrogens (tertiary/aromatic N) is 1. The van der Waals surface area contributed by atoms with Gasteiger partial charge >= 0.3 is 0 Å². The molecular weight excluding hydrogens is 220 g/mol. The summed E-state index contributed by atoms with van der Waals surface area (Å²) in [6, 6.07) is 0. The largest absolute Gasteiger partial charge is 0.302 e. The van der Waals surface area contributed by atoms with Crippen molar-refractivity contribution in [3.05, 3.63) is 11.1 Å². The molecule has 0 atom stereocenters. The molecule has 1 heterocycles. The molecule has 0 spiro atoms. The number of aromatic nitrogens is 1. The van der Waals surface area contributed by atoms with E-state index in [-0.39, 0.29) is 11.3 Å². The van der Waals surface area contributed by atoms with Crippen LogP contribution in [-0.2, 0) is 4.79 Å². The van der Waals surface area contributed by atoms with Crippen molar-refractivity contribution in [2.24, 2.45) is 5.41 Å². The highest BCUT2D eigenvalue weighted by Crippen LogP contribution is 2.23. The summed E-state index contributed by atoms with van der Waals surface area (Å²) in [6.45, 7) is 10.3. The monoisotopic (exact) mass is 240 g/mol. The smallest absolute Gasteiger partial charge is 0.226 e. The summed E-state index contributed by atoms with van der Waals surface area (Å²) in [4.78, 5) is 16.0. The molecule has 0 aliphatic carbocycles. The van der Waals surface area contributed by atoms with Gasteiger partial charge in [-0.25, -0.2) is 4.98 Å². The molecule has 3 nitrogen and oxygen atoms in total. The lowest BCUT2D eigenvalue weighted by molar-refractivity contribution is -0.117. The highest BCUT2D eigenvalue weighted by molar-refractivity contribution is 7.13. The molecule has 0 saturated heterocycles. The molecule has 0 radical (unpaired) electrons. The van der Waals surface area contributed by atoms with Crippen LogP contribution in [0.15, 0.2) is 5.38 Å². The molecule has 0 unspecified atom stereocenters. The average Bonchev–Trinajstić information content (AvgIpc) is 2.48. The van der Waals surface area contributed by atoms with Gasteiger partial charge in [-0.2, -0.15) is 0 Å². The van der Waals surface area contributed by atoms with Gasteiger partial charge in [-0.15, -0.1) is 11.3 Å². The third-order valence-corrected chi connectivity index (χ3v) is 2.83. The molecule has 1 rings (SSSR count). The van der Waals surface area contributed by atoms with Crippen molar-refractivity contribution < 1.29 is 4.79 Å². The van der Waals surface area contributed by atoms with Crippen LogP contribution >= 0.6 is 11.3 Å². The van der Waals surface area contributed by atoms with Crippen molar-refractivity contribution >= 4 is 22.4 Å². The minimum Gasteiger partial charge on any atom is -0.302 e. The number of thiazole rings is 1. The minimum atomic E-state index is 0.0161. The van der Waals surface area contributed by atoms with Crippen LogP contribution < -0.4 is 5.32 Å². The van der Waals surface area contributed by atoms with Crippen LogP contribution in [0.5, 0.6) is 0 Å². The zero-order chi connectivity index (χ0) is 12.3. The van der Waals surface area contributed by atoms with Crippen LogP contribution in [-0.4, -0.2) is 10.9 Å². The van der Waals surface area contributed by atoms with Crippen LogP contribution in [0.2, 0.25) is 0 Å². The molecule has 90 valence electrons. The zero-order valence-corrected chi connectivity index (χ0v) is 11.4. The fourth-order valence-corrected chi connectivity index (χ4v) is 2.14. The zero-order valence-electron chi connectivity index (χ0n) is 10.6. The number of nitrogens with one attached hydrogen (secondary N) is 1. The van der Waals surface area contributed by atoms with E-state index in [0.717, 1.165) is 5.69 Å². The van der Waals surface area contributed by atoms with Crippen LogP contribution in [0, 0.1) is 5.41 Å². The summed E-state index contributed by atoms with van der Waals surface area (Å²) in [5.41, 5.74) is 1.05. The SMILES string of the molecule is CC(C)c1csc(NC(=O)CC(C)(C)C)n1. The van der Waals surface area contributed by atoms with E-state index in [1.165, 1.54) is 11.3 Å². The predicted molar refractivity (Wildman–Crippen MR) is 68.9 cm³/mol. The van der Waals surface area contributed by atoms with Crippen molar-refractivity contribution in [3.8, 4) is 0 Å². The van der Waals surface area contributed by atoms with Crippen molar-refractivity contribution in [1.82, 2.24) is 4.98 Å². The fourth-order valence-electron chi connectivity index (χ4n) is 1.25. The fraction of sp³-hybridized carbons (Fsp3) is 0.667. The number of hydrogen-bond acceptors (Lipinski definition) is 3. The molecule has 0 saturated carbocycles. The van der Waals surface area contributed by atoms with Gasteiger partial charge in [0.25, 0.3) is 0 Å². The average molecular weight is 240 g/mol. The van der Waals surface area contributed by atoms with E-state index in [1.807, 2.05) is 26.2 Å². The Bertz CT molecular complexity index is 363. The first-order valence-corrected chi connectivity index (χ1v) is 6.41. The standard InChI is InChI=1S/C12H20N2OS/c1-8(2)9-7-16-11(13-9)14-10(15)6-12(3,4)5/h7-8H,6H2,1-5H3,(H,13,14,15). The van der Waals surface area contributed by atoms with Crippen LogP contribution in [0.3, 0.4) is 0 Å². The van der Waals surface area contributed by atoms with Crippen LogP contribution in [0.4, 0.5) is 5.13 Å². The van der Waals surface area contributed by atoms with Gasteiger partial charge in [0, 0.05) is 11.8 Å². The Labute approximate surface area is 101 Å². The maximum Gasteiger partial charge on any atom is 0.226 e. The third kappa shape index (κ3) is 4.31. The second kappa shape index (κ2) is 4.95. The van der Waals surface area contributed by atoms with Gasteiger partial charge in [-0.3, -0.25) is 4.79 Å². The molecule has 0 aliphatic heterocycles. The van der Waals surface area contributed by atoms with Gasteiger partial charge in [0.2, 0.25) is 5.91 Å². The van der Waals surface area contributed by atoms with E-state index in [1.54, 1.807) is 0 Å². The van der Waals surface area contributed by atoms with Crippen molar-refractivity contribution in [3.63, 3.8) is 0 Å². The molecule has 1 aromatic rings. The molecule has 1 amide bonds. The van der Waals surface area contributed by atoms with E-state index >= 15 is 0 Å². The lowest BCUT2D eigenvalue weighted by Gasteiger charge is -2.16. The maximum atomic E-state index is 11.7. The summed E-state index contributed by atoms with van der Waals surface area (Å²) in [5, 5.41) is 5.55. The molecule has 1 N–H and O–H groups in total. The minimum absolute atomic E-state index is 0.0161. The third-order valence-electron chi connectivity index (χ3n) is 2.05. The summed E-state index contributed by atoms with van der Waals surface area (Å²) < 4.78 is 0. The van der Waals surface area contributed by atoms with Gasteiger partial charge in [0.05, 0.1) is 5.69 Å². The van der Waals surface area contributed by atoms with E-state index in [0.29, 0.717) is 17.5 Å². The summed E-state index contributed by atoms with van der Waals surface area (Å²) in [7, 11) is 0. The van der Waals surface area contributed by atoms with E-state index in [4.69, 9.17) is 0 Å². The van der Waals surface area contributed by atoms with Gasteiger partial charge in [0.15, 0.2) is 5.13 Å². The number of rotatable bonds is 3. The predicted octanol–water partition coefficient (Wildman–Crippen LogP) is 3.64. The first-order chi connectivity index (χ1) is 7.28. The van der Waals surface area contributed by atoms with E-state index < -0.39 is 0 Å². The number of anilines is 1. The number of hydrogen-bond donors (Lipinski definition) is 1. The van der Waals surface area contributed by atoms with Crippen LogP contribution in [0.1, 0.15) is 52.7 Å². The maximum absolute atomic E-state index is 11.7. The lowest BCUT2D eigenvalue weighted by atomic mass is 9.92. The first-order valence-electron chi connectivity index (χ1n) is 5.53. The Hall–Kier alpha value is -0.900. The second-order valence-electron chi connectivity index (χ2n) is 5.52. The number of carbonyl (C=O) groups is 1. The van der Waals surface area contributed by atoms with Crippen molar-refractivity contribution in [2.45, 2.75) is 47.0 Å². The Morgan fingerprint density at radius 2 is 2.12 bits per heavy atom. The Balaban J connectivity index is 2.57. The Morgan fingerprint density at radius 1 is 1.50 bits per heavy atom. The summed E-state index contributed by atoms with van der Waals surface area (Å²) in [5.74, 6) is 0.446. The summed E-state index contributed by atoms with van der Waals surface area (Å²) in [6.07, 6.45) is 0.517. The molecule has 16 heavy (non-hydrogen) atoms. The Morgan fingerprint density at radius 3 is 2.56 bits per heavy atom. The second-order valence-corrected chi connectivity index (χ2v) is 6.38. The highest BCUT2D eigenvalue weighted by Gasteiger charge is 2.17. The molecule has 1 aromatic heterocycles. The normalized spacial score (nSPS) is 11.9. The highest BCUT2D eigenvalue weighted by atomic mass is 32.1. The number of amides is 1. The van der Waals surface area contributed by atoms with Crippen LogP contribution in [0.25, 0.3) is 0 Å². The van der Waals surface area contributed by atoms with Gasteiger partial charge in [-0.05, 0) is 11.3 Å². The molecule has 0 bridgehead atoms. The molecule has 0 aromatic carbocycles.